The molecule has 188 valence electrons. The van der Waals surface area contributed by atoms with Gasteiger partial charge in [-0.25, -0.2) is 4.79 Å². The lowest BCUT2D eigenvalue weighted by atomic mass is 9.88. The fourth-order valence-electron chi connectivity index (χ4n) is 5.05. The summed E-state index contributed by atoms with van der Waals surface area (Å²) in [6.07, 6.45) is 0. The first kappa shape index (κ1) is 24.1. The van der Waals surface area contributed by atoms with Crippen LogP contribution in [0.15, 0.2) is 42.5 Å². The Morgan fingerprint density at radius 3 is 2.49 bits per heavy atom. The predicted molar refractivity (Wildman–Crippen MR) is 137 cm³/mol. The van der Waals surface area contributed by atoms with Crippen molar-refractivity contribution in [2.24, 2.45) is 7.05 Å². The molecule has 5 rings (SSSR count). The van der Waals surface area contributed by atoms with Gasteiger partial charge in [0.25, 0.3) is 11.8 Å². The fourth-order valence-corrected chi connectivity index (χ4v) is 5.05. The molecule has 37 heavy (non-hydrogen) atoms. The Hall–Kier alpha value is -4.58. The zero-order chi connectivity index (χ0) is 26.3. The van der Waals surface area contributed by atoms with Gasteiger partial charge >= 0.3 is 6.03 Å². The maximum absolute atomic E-state index is 13.3. The Morgan fingerprint density at radius 2 is 1.86 bits per heavy atom. The predicted octanol–water partition coefficient (Wildman–Crippen LogP) is 2.80. The van der Waals surface area contributed by atoms with Crippen molar-refractivity contribution in [2.75, 3.05) is 13.2 Å². The van der Waals surface area contributed by atoms with E-state index in [0.717, 1.165) is 28.1 Å². The summed E-state index contributed by atoms with van der Waals surface area (Å²) in [5.41, 5.74) is 4.42. The molecule has 2 aromatic carbocycles. The summed E-state index contributed by atoms with van der Waals surface area (Å²) in [5, 5.41) is 9.62. The molecular formula is C28H27N5O4. The summed E-state index contributed by atoms with van der Waals surface area (Å²) in [6.45, 7) is 6.22. The number of hydrogen-bond acceptors (Lipinski definition) is 5. The van der Waals surface area contributed by atoms with E-state index >= 15 is 0 Å². The van der Waals surface area contributed by atoms with Crippen molar-refractivity contribution in [2.45, 2.75) is 32.9 Å². The first-order chi connectivity index (χ1) is 17.7. The van der Waals surface area contributed by atoms with Crippen LogP contribution in [0.25, 0.3) is 11.1 Å². The molecule has 0 aliphatic carbocycles. The van der Waals surface area contributed by atoms with Crippen molar-refractivity contribution >= 4 is 17.8 Å². The number of aryl methyl sites for hydroxylation is 2. The van der Waals surface area contributed by atoms with Crippen LogP contribution in [0, 0.1) is 25.7 Å². The Bertz CT molecular complexity index is 1500. The maximum Gasteiger partial charge on any atom is 0.322 e. The standard InChI is InChI=1S/C28H27N5O4/c1-5-6-13-37-22-12-9-20-15-33(25(34)23(20)14-22)16-28(26(35)29-27(36)30-28)21-10-7-19(8-11-21)24-17(2)31-32(4)18(24)3/h7-12,14H,13,15-16H2,1-4H3,(H2,29,30,35,36)/t28-/m0/s1. The average molecular weight is 498 g/mol. The highest BCUT2D eigenvalue weighted by Crippen LogP contribution is 2.34. The minimum absolute atomic E-state index is 0.0140. The molecular weight excluding hydrogens is 470 g/mol. The van der Waals surface area contributed by atoms with E-state index in [9.17, 15) is 14.4 Å². The second-order valence-corrected chi connectivity index (χ2v) is 9.26. The number of benzene rings is 2. The Labute approximate surface area is 214 Å². The zero-order valence-electron chi connectivity index (χ0n) is 21.1. The first-order valence-corrected chi connectivity index (χ1v) is 11.9. The lowest BCUT2D eigenvalue weighted by Crippen LogP contribution is -2.52. The van der Waals surface area contributed by atoms with Crippen molar-refractivity contribution in [3.63, 3.8) is 0 Å². The summed E-state index contributed by atoms with van der Waals surface area (Å²) in [7, 11) is 1.90. The van der Waals surface area contributed by atoms with Gasteiger partial charge in [-0.05, 0) is 49.6 Å². The average Bonchev–Trinajstić information content (AvgIpc) is 3.44. The van der Waals surface area contributed by atoms with Crippen LogP contribution in [0.3, 0.4) is 0 Å². The minimum atomic E-state index is -1.41. The van der Waals surface area contributed by atoms with Gasteiger partial charge < -0.3 is 15.0 Å². The molecule has 2 aliphatic rings. The number of imide groups is 1. The molecule has 0 bridgehead atoms. The number of carbonyl (C=O) groups excluding carboxylic acids is 3. The molecule has 9 heteroatoms. The number of fused-ring (bicyclic) bond motifs is 1. The van der Waals surface area contributed by atoms with Gasteiger partial charge in [-0.15, -0.1) is 5.92 Å². The van der Waals surface area contributed by atoms with Crippen LogP contribution in [0.4, 0.5) is 4.79 Å². The van der Waals surface area contributed by atoms with E-state index in [1.54, 1.807) is 24.0 Å². The second kappa shape index (κ2) is 9.13. The van der Waals surface area contributed by atoms with Gasteiger partial charge in [0.1, 0.15) is 12.4 Å². The van der Waals surface area contributed by atoms with Crippen LogP contribution >= 0.6 is 0 Å². The van der Waals surface area contributed by atoms with Gasteiger partial charge in [-0.1, -0.05) is 36.3 Å². The third-order valence-corrected chi connectivity index (χ3v) is 6.99. The van der Waals surface area contributed by atoms with Gasteiger partial charge in [-0.3, -0.25) is 19.6 Å². The van der Waals surface area contributed by atoms with E-state index in [-0.39, 0.29) is 19.1 Å². The van der Waals surface area contributed by atoms with Crippen LogP contribution in [0.2, 0.25) is 0 Å². The van der Waals surface area contributed by atoms with Crippen LogP contribution in [-0.4, -0.2) is 45.7 Å². The van der Waals surface area contributed by atoms with E-state index in [0.29, 0.717) is 23.4 Å². The zero-order valence-corrected chi connectivity index (χ0v) is 21.1. The molecule has 0 saturated carbocycles. The van der Waals surface area contributed by atoms with Gasteiger partial charge in [0, 0.05) is 30.4 Å². The maximum atomic E-state index is 13.3. The molecule has 3 aromatic rings. The highest BCUT2D eigenvalue weighted by molar-refractivity contribution is 6.08. The third-order valence-electron chi connectivity index (χ3n) is 6.99. The molecule has 1 aromatic heterocycles. The monoisotopic (exact) mass is 497 g/mol. The highest BCUT2D eigenvalue weighted by Gasteiger charge is 2.50. The number of carbonyl (C=O) groups is 3. The van der Waals surface area contributed by atoms with Gasteiger partial charge in [0.15, 0.2) is 5.54 Å². The number of amides is 4. The highest BCUT2D eigenvalue weighted by atomic mass is 16.5. The lowest BCUT2D eigenvalue weighted by Gasteiger charge is -2.31. The van der Waals surface area contributed by atoms with Crippen LogP contribution in [-0.2, 0) is 23.9 Å². The summed E-state index contributed by atoms with van der Waals surface area (Å²) >= 11 is 0. The Kier molecular flexibility index (Phi) is 5.96. The van der Waals surface area contributed by atoms with Crippen molar-refractivity contribution in [3.8, 4) is 28.7 Å². The molecule has 0 spiro atoms. The quantitative estimate of drug-likeness (QED) is 0.403. The van der Waals surface area contributed by atoms with Gasteiger partial charge in [0.05, 0.1) is 12.2 Å². The van der Waals surface area contributed by atoms with Crippen LogP contribution < -0.4 is 15.4 Å². The van der Waals surface area contributed by atoms with Gasteiger partial charge in [-0.2, -0.15) is 5.10 Å². The number of nitrogens with zero attached hydrogens (tertiary/aromatic N) is 3. The second-order valence-electron chi connectivity index (χ2n) is 9.26. The van der Waals surface area contributed by atoms with Gasteiger partial charge in [0.2, 0.25) is 0 Å². The molecule has 4 amide bonds. The van der Waals surface area contributed by atoms with E-state index in [1.807, 2.05) is 55.9 Å². The number of aromatic nitrogens is 2. The van der Waals surface area contributed by atoms with E-state index in [4.69, 9.17) is 4.74 Å². The number of hydrogen-bond donors (Lipinski definition) is 2. The number of rotatable bonds is 6. The Balaban J connectivity index is 1.44. The largest absolute Gasteiger partial charge is 0.481 e. The van der Waals surface area contributed by atoms with E-state index < -0.39 is 17.5 Å². The smallest absolute Gasteiger partial charge is 0.322 e. The van der Waals surface area contributed by atoms with Crippen molar-refractivity contribution in [1.82, 2.24) is 25.3 Å². The topological polar surface area (TPSA) is 106 Å². The normalized spacial score (nSPS) is 18.3. The number of ether oxygens (including phenoxy) is 1. The molecule has 2 N–H and O–H groups in total. The minimum Gasteiger partial charge on any atom is -0.481 e. The number of nitrogens with one attached hydrogen (secondary N) is 2. The molecule has 0 unspecified atom stereocenters. The molecule has 2 aliphatic heterocycles. The fraction of sp³-hybridized carbons (Fsp3) is 0.286. The molecule has 3 heterocycles. The Morgan fingerprint density at radius 1 is 1.11 bits per heavy atom. The SMILES string of the molecule is CC#CCOc1ccc2c(c1)C(=O)N(C[C@@]1(c3ccc(-c4c(C)nn(C)c4C)cc3)NC(=O)NC1=O)C2. The van der Waals surface area contributed by atoms with Crippen LogP contribution in [0.5, 0.6) is 5.75 Å². The van der Waals surface area contributed by atoms with E-state index in [2.05, 4.69) is 27.6 Å². The third kappa shape index (κ3) is 4.10. The lowest BCUT2D eigenvalue weighted by molar-refractivity contribution is -0.124. The summed E-state index contributed by atoms with van der Waals surface area (Å²) in [4.78, 5) is 40.4. The van der Waals surface area contributed by atoms with E-state index in [1.165, 1.54) is 0 Å². The summed E-state index contributed by atoms with van der Waals surface area (Å²) in [5.74, 6) is 5.42. The van der Waals surface area contributed by atoms with Crippen LogP contribution in [0.1, 0.15) is 39.8 Å². The molecule has 9 nitrogen and oxygen atoms in total. The van der Waals surface area contributed by atoms with Crippen molar-refractivity contribution in [3.05, 3.63) is 70.5 Å². The molecule has 0 radical (unpaired) electrons. The molecule has 1 saturated heterocycles. The summed E-state index contributed by atoms with van der Waals surface area (Å²) < 4.78 is 7.43. The van der Waals surface area contributed by atoms with Crippen molar-refractivity contribution < 1.29 is 19.1 Å². The number of urea groups is 1. The molecule has 1 atom stereocenters. The molecule has 1 fully saturated rings. The summed E-state index contributed by atoms with van der Waals surface area (Å²) in [6, 6.07) is 12.2. The first-order valence-electron chi connectivity index (χ1n) is 11.9. The van der Waals surface area contributed by atoms with Crippen molar-refractivity contribution in [1.29, 1.82) is 0 Å².